The molecule has 0 radical (unpaired) electrons. The summed E-state index contributed by atoms with van der Waals surface area (Å²) in [5.74, 6) is 0.558. The van der Waals surface area contributed by atoms with Crippen molar-refractivity contribution in [3.05, 3.63) is 96.6 Å². The second-order valence-corrected chi connectivity index (χ2v) is 6.42. The number of hydrogen-bond donors (Lipinski definition) is 2. The van der Waals surface area contributed by atoms with Gasteiger partial charge in [0.25, 0.3) is 5.91 Å². The summed E-state index contributed by atoms with van der Waals surface area (Å²) in [6.45, 7) is 0. The first-order valence-corrected chi connectivity index (χ1v) is 9.03. The molecule has 4 aromatic carbocycles. The average Bonchev–Trinajstić information content (AvgIpc) is 2.74. The Kier molecular flexibility index (Phi) is 4.93. The lowest BCUT2D eigenvalue weighted by Crippen LogP contribution is -2.11. The first-order valence-electron chi connectivity index (χ1n) is 9.03. The van der Waals surface area contributed by atoms with Crippen molar-refractivity contribution in [2.24, 2.45) is 0 Å². The molecule has 0 heterocycles. The molecule has 0 aliphatic carbocycles. The minimum Gasteiger partial charge on any atom is -0.497 e. The number of fused-ring (bicyclic) bond motifs is 1. The van der Waals surface area contributed by atoms with Crippen LogP contribution in [0, 0.1) is 0 Å². The summed E-state index contributed by atoms with van der Waals surface area (Å²) >= 11 is 0. The van der Waals surface area contributed by atoms with Gasteiger partial charge < -0.3 is 15.4 Å². The second-order valence-electron chi connectivity index (χ2n) is 6.42. The molecule has 4 rings (SSSR count). The first-order chi connectivity index (χ1) is 13.7. The maximum absolute atomic E-state index is 12.5. The third-order valence-electron chi connectivity index (χ3n) is 4.54. The number of methoxy groups -OCH3 is 1. The van der Waals surface area contributed by atoms with Crippen molar-refractivity contribution in [1.29, 1.82) is 0 Å². The van der Waals surface area contributed by atoms with Crippen LogP contribution in [0.3, 0.4) is 0 Å². The molecule has 0 atom stereocenters. The highest BCUT2D eigenvalue weighted by atomic mass is 16.5. The summed E-state index contributed by atoms with van der Waals surface area (Å²) in [6, 6.07) is 29.1. The van der Waals surface area contributed by atoms with E-state index in [-0.39, 0.29) is 5.91 Å². The molecule has 0 aromatic heterocycles. The van der Waals surface area contributed by atoms with Crippen LogP contribution in [0.15, 0.2) is 91.0 Å². The summed E-state index contributed by atoms with van der Waals surface area (Å²) in [5, 5.41) is 8.71. The van der Waals surface area contributed by atoms with E-state index in [1.54, 1.807) is 31.4 Å². The Morgan fingerprint density at radius 2 is 1.50 bits per heavy atom. The Morgan fingerprint density at radius 1 is 0.786 bits per heavy atom. The molecule has 0 aliphatic heterocycles. The van der Waals surface area contributed by atoms with E-state index in [2.05, 4.69) is 28.8 Å². The van der Waals surface area contributed by atoms with E-state index in [0.29, 0.717) is 5.56 Å². The van der Waals surface area contributed by atoms with Gasteiger partial charge in [0.1, 0.15) is 5.75 Å². The average molecular weight is 368 g/mol. The minimum atomic E-state index is -0.162. The van der Waals surface area contributed by atoms with Crippen LogP contribution in [-0.4, -0.2) is 13.0 Å². The monoisotopic (exact) mass is 368 g/mol. The molecular formula is C24H20N2O2. The highest BCUT2D eigenvalue weighted by Crippen LogP contribution is 2.27. The van der Waals surface area contributed by atoms with Gasteiger partial charge in [0, 0.05) is 28.0 Å². The Morgan fingerprint density at radius 3 is 2.32 bits per heavy atom. The number of nitrogens with one attached hydrogen (secondary N) is 2. The van der Waals surface area contributed by atoms with Gasteiger partial charge in [-0.2, -0.15) is 0 Å². The lowest BCUT2D eigenvalue weighted by Gasteiger charge is -2.12. The highest BCUT2D eigenvalue weighted by molar-refractivity contribution is 6.04. The van der Waals surface area contributed by atoms with E-state index < -0.39 is 0 Å². The fraction of sp³-hybridized carbons (Fsp3) is 0.0417. The molecule has 0 aliphatic rings. The number of carbonyl (C=O) groups excluding carboxylic acids is 1. The van der Waals surface area contributed by atoms with Gasteiger partial charge in [0.15, 0.2) is 0 Å². The van der Waals surface area contributed by atoms with Gasteiger partial charge in [0.05, 0.1) is 7.11 Å². The fourth-order valence-electron chi connectivity index (χ4n) is 3.11. The number of benzene rings is 4. The standard InChI is InChI=1S/C24H20N2O2/c1-28-21-14-12-18(13-15-21)24(27)26-20-9-5-8-19(16-20)25-23-11-4-7-17-6-2-3-10-22(17)23/h2-16,25H,1H3,(H,26,27). The van der Waals surface area contributed by atoms with Crippen LogP contribution in [0.4, 0.5) is 17.1 Å². The molecule has 0 saturated carbocycles. The molecule has 2 N–H and O–H groups in total. The third-order valence-corrected chi connectivity index (χ3v) is 4.54. The molecule has 0 spiro atoms. The molecule has 0 unspecified atom stereocenters. The van der Waals surface area contributed by atoms with Gasteiger partial charge in [-0.1, -0.05) is 42.5 Å². The predicted octanol–water partition coefficient (Wildman–Crippen LogP) is 5.84. The van der Waals surface area contributed by atoms with Gasteiger partial charge in [-0.25, -0.2) is 0 Å². The van der Waals surface area contributed by atoms with E-state index >= 15 is 0 Å². The van der Waals surface area contributed by atoms with Crippen LogP contribution in [0.25, 0.3) is 10.8 Å². The molecular weight excluding hydrogens is 348 g/mol. The Hall–Kier alpha value is -3.79. The van der Waals surface area contributed by atoms with Gasteiger partial charge in [-0.3, -0.25) is 4.79 Å². The second kappa shape index (κ2) is 7.84. The van der Waals surface area contributed by atoms with Crippen molar-refractivity contribution in [2.45, 2.75) is 0 Å². The van der Waals surface area contributed by atoms with Gasteiger partial charge in [-0.15, -0.1) is 0 Å². The fourth-order valence-corrected chi connectivity index (χ4v) is 3.11. The van der Waals surface area contributed by atoms with Crippen LogP contribution in [-0.2, 0) is 0 Å². The van der Waals surface area contributed by atoms with Crippen molar-refractivity contribution >= 4 is 33.7 Å². The minimum absolute atomic E-state index is 0.162. The first kappa shape index (κ1) is 17.6. The molecule has 0 bridgehead atoms. The normalized spacial score (nSPS) is 10.5. The smallest absolute Gasteiger partial charge is 0.255 e. The lowest BCUT2D eigenvalue weighted by atomic mass is 10.1. The zero-order valence-corrected chi connectivity index (χ0v) is 15.5. The summed E-state index contributed by atoms with van der Waals surface area (Å²) in [5.41, 5.74) is 3.24. The van der Waals surface area contributed by atoms with E-state index in [1.807, 2.05) is 48.5 Å². The van der Waals surface area contributed by atoms with Crippen LogP contribution in [0.2, 0.25) is 0 Å². The maximum atomic E-state index is 12.5. The number of hydrogen-bond acceptors (Lipinski definition) is 3. The molecule has 4 aromatic rings. The van der Waals surface area contributed by atoms with Crippen molar-refractivity contribution in [3.63, 3.8) is 0 Å². The van der Waals surface area contributed by atoms with Crippen LogP contribution in [0.1, 0.15) is 10.4 Å². The molecule has 138 valence electrons. The topological polar surface area (TPSA) is 50.4 Å². The molecule has 4 heteroatoms. The Labute approximate surface area is 163 Å². The number of rotatable bonds is 5. The Bertz CT molecular complexity index is 1120. The largest absolute Gasteiger partial charge is 0.497 e. The van der Waals surface area contributed by atoms with E-state index in [9.17, 15) is 4.79 Å². The summed E-state index contributed by atoms with van der Waals surface area (Å²) < 4.78 is 5.13. The van der Waals surface area contributed by atoms with Gasteiger partial charge in [-0.05, 0) is 53.9 Å². The van der Waals surface area contributed by atoms with Crippen LogP contribution < -0.4 is 15.4 Å². The highest BCUT2D eigenvalue weighted by Gasteiger charge is 2.07. The van der Waals surface area contributed by atoms with Crippen molar-refractivity contribution < 1.29 is 9.53 Å². The van der Waals surface area contributed by atoms with Crippen molar-refractivity contribution in [1.82, 2.24) is 0 Å². The predicted molar refractivity (Wildman–Crippen MR) is 115 cm³/mol. The zero-order valence-electron chi connectivity index (χ0n) is 15.5. The quantitative estimate of drug-likeness (QED) is 0.465. The third kappa shape index (κ3) is 3.81. The van der Waals surface area contributed by atoms with Crippen molar-refractivity contribution in [3.8, 4) is 5.75 Å². The molecule has 0 fully saturated rings. The van der Waals surface area contributed by atoms with Crippen molar-refractivity contribution in [2.75, 3.05) is 17.7 Å². The van der Waals surface area contributed by atoms with Crippen LogP contribution >= 0.6 is 0 Å². The lowest BCUT2D eigenvalue weighted by molar-refractivity contribution is 0.102. The van der Waals surface area contributed by atoms with E-state index in [1.165, 1.54) is 5.39 Å². The maximum Gasteiger partial charge on any atom is 0.255 e. The summed E-state index contributed by atoms with van der Waals surface area (Å²) in [7, 11) is 1.60. The van der Waals surface area contributed by atoms with Crippen LogP contribution in [0.5, 0.6) is 5.75 Å². The Balaban J connectivity index is 1.53. The van der Waals surface area contributed by atoms with E-state index in [4.69, 9.17) is 4.74 Å². The number of anilines is 3. The van der Waals surface area contributed by atoms with Gasteiger partial charge in [0.2, 0.25) is 0 Å². The zero-order chi connectivity index (χ0) is 19.3. The summed E-state index contributed by atoms with van der Waals surface area (Å²) in [6.07, 6.45) is 0. The van der Waals surface area contributed by atoms with E-state index in [0.717, 1.165) is 28.2 Å². The molecule has 1 amide bonds. The number of amides is 1. The summed E-state index contributed by atoms with van der Waals surface area (Å²) in [4.78, 5) is 12.5. The molecule has 28 heavy (non-hydrogen) atoms. The number of carbonyl (C=O) groups is 1. The molecule has 4 nitrogen and oxygen atoms in total. The molecule has 0 saturated heterocycles. The number of ether oxygens (including phenoxy) is 1. The van der Waals surface area contributed by atoms with Gasteiger partial charge >= 0.3 is 0 Å². The SMILES string of the molecule is COc1ccc(C(=O)Nc2cccc(Nc3cccc4ccccc34)c2)cc1.